The summed E-state index contributed by atoms with van der Waals surface area (Å²) in [5.74, 6) is 0.176. The fraction of sp³-hybridized carbons (Fsp3) is 0.889. The Morgan fingerprint density at radius 3 is 2.69 bits per heavy atom. The normalized spacial score (nSPS) is 25.8. The van der Waals surface area contributed by atoms with Crippen molar-refractivity contribution in [2.24, 2.45) is 5.73 Å². The maximum Gasteiger partial charge on any atom is 0.236 e. The third-order valence-electron chi connectivity index (χ3n) is 2.73. The zero-order valence-electron chi connectivity index (χ0n) is 8.66. The molecule has 0 radical (unpaired) electrons. The van der Waals surface area contributed by atoms with Crippen LogP contribution < -0.4 is 5.73 Å². The Balaban J connectivity index is 2.63. The molecule has 0 bridgehead atoms. The van der Waals surface area contributed by atoms with E-state index in [1.165, 1.54) is 0 Å². The molecule has 1 saturated heterocycles. The Hall–Kier alpha value is -0.610. The molecule has 1 atom stereocenters. The highest BCUT2D eigenvalue weighted by Crippen LogP contribution is 2.10. The molecular weight excluding hydrogens is 166 g/mol. The Morgan fingerprint density at radius 2 is 2.23 bits per heavy atom. The second kappa shape index (κ2) is 4.07. The molecule has 1 heterocycles. The van der Waals surface area contributed by atoms with Gasteiger partial charge in [-0.25, -0.2) is 0 Å². The Labute approximate surface area is 79.7 Å². The number of carbonyl (C=O) groups is 1. The Kier molecular flexibility index (Phi) is 3.27. The summed E-state index contributed by atoms with van der Waals surface area (Å²) in [4.78, 5) is 15.4. The molecule has 1 fully saturated rings. The minimum absolute atomic E-state index is 0.176. The lowest BCUT2D eigenvalue weighted by molar-refractivity contribution is -0.138. The highest BCUT2D eigenvalue weighted by molar-refractivity contribution is 5.79. The first-order valence-corrected chi connectivity index (χ1v) is 4.76. The number of amides is 1. The SMILES string of the molecule is CC(C)N1CC(=O)N(C)C(CN)C1. The van der Waals surface area contributed by atoms with Crippen LogP contribution >= 0.6 is 0 Å². The minimum Gasteiger partial charge on any atom is -0.339 e. The predicted molar refractivity (Wildman–Crippen MR) is 52.3 cm³/mol. The lowest BCUT2D eigenvalue weighted by Crippen LogP contribution is -2.58. The second-order valence-electron chi connectivity index (χ2n) is 3.92. The lowest BCUT2D eigenvalue weighted by atomic mass is 10.1. The van der Waals surface area contributed by atoms with Crippen molar-refractivity contribution in [3.05, 3.63) is 0 Å². The molecular formula is C9H19N3O. The number of nitrogens with two attached hydrogens (primary N) is 1. The average molecular weight is 185 g/mol. The van der Waals surface area contributed by atoms with Crippen LogP contribution in [0.25, 0.3) is 0 Å². The van der Waals surface area contributed by atoms with Crippen LogP contribution in [0.2, 0.25) is 0 Å². The monoisotopic (exact) mass is 185 g/mol. The first kappa shape index (κ1) is 10.5. The standard InChI is InChI=1S/C9H19N3O/c1-7(2)12-5-8(4-10)11(3)9(13)6-12/h7-8H,4-6,10H2,1-3H3. The molecule has 76 valence electrons. The largest absolute Gasteiger partial charge is 0.339 e. The zero-order chi connectivity index (χ0) is 10.0. The van der Waals surface area contributed by atoms with E-state index in [1.54, 1.807) is 4.90 Å². The van der Waals surface area contributed by atoms with Crippen molar-refractivity contribution in [2.75, 3.05) is 26.7 Å². The predicted octanol–water partition coefficient (Wildman–Crippen LogP) is -0.504. The average Bonchev–Trinajstić information content (AvgIpc) is 2.09. The summed E-state index contributed by atoms with van der Waals surface area (Å²) in [5.41, 5.74) is 5.60. The minimum atomic E-state index is 0.176. The number of piperazine rings is 1. The van der Waals surface area contributed by atoms with Crippen molar-refractivity contribution in [3.63, 3.8) is 0 Å². The van der Waals surface area contributed by atoms with Gasteiger partial charge < -0.3 is 10.6 Å². The van der Waals surface area contributed by atoms with E-state index in [0.717, 1.165) is 6.54 Å². The summed E-state index contributed by atoms with van der Waals surface area (Å²) < 4.78 is 0. The third-order valence-corrected chi connectivity index (χ3v) is 2.73. The lowest BCUT2D eigenvalue weighted by Gasteiger charge is -2.40. The fourth-order valence-electron chi connectivity index (χ4n) is 1.57. The van der Waals surface area contributed by atoms with Gasteiger partial charge in [0.25, 0.3) is 0 Å². The molecule has 0 spiro atoms. The molecule has 2 N–H and O–H groups in total. The Bertz CT molecular complexity index is 193. The highest BCUT2D eigenvalue weighted by Gasteiger charge is 2.29. The molecule has 4 heteroatoms. The van der Waals surface area contributed by atoms with Gasteiger partial charge in [0.1, 0.15) is 0 Å². The molecule has 1 rings (SSSR count). The number of hydrogen-bond donors (Lipinski definition) is 1. The van der Waals surface area contributed by atoms with Gasteiger partial charge in [0, 0.05) is 26.2 Å². The number of hydrogen-bond acceptors (Lipinski definition) is 3. The fourth-order valence-corrected chi connectivity index (χ4v) is 1.57. The van der Waals surface area contributed by atoms with Crippen LogP contribution in [0.3, 0.4) is 0 Å². The van der Waals surface area contributed by atoms with Crippen molar-refractivity contribution in [1.29, 1.82) is 0 Å². The van der Waals surface area contributed by atoms with Crippen molar-refractivity contribution in [3.8, 4) is 0 Å². The first-order chi connectivity index (χ1) is 6.06. The van der Waals surface area contributed by atoms with E-state index in [4.69, 9.17) is 5.73 Å². The quantitative estimate of drug-likeness (QED) is 0.631. The van der Waals surface area contributed by atoms with Crippen LogP contribution in [0, 0.1) is 0 Å². The van der Waals surface area contributed by atoms with Crippen molar-refractivity contribution < 1.29 is 4.79 Å². The summed E-state index contributed by atoms with van der Waals surface area (Å²) in [6.07, 6.45) is 0. The molecule has 1 unspecified atom stereocenters. The summed E-state index contributed by atoms with van der Waals surface area (Å²) >= 11 is 0. The van der Waals surface area contributed by atoms with Crippen LogP contribution in [-0.2, 0) is 4.79 Å². The molecule has 1 amide bonds. The van der Waals surface area contributed by atoms with Crippen LogP contribution in [0.15, 0.2) is 0 Å². The summed E-state index contributed by atoms with van der Waals surface area (Å²) in [6, 6.07) is 0.607. The second-order valence-corrected chi connectivity index (χ2v) is 3.92. The molecule has 0 aromatic rings. The van der Waals surface area contributed by atoms with Crippen molar-refractivity contribution >= 4 is 5.91 Å². The van der Waals surface area contributed by atoms with E-state index in [1.807, 2.05) is 7.05 Å². The van der Waals surface area contributed by atoms with E-state index in [2.05, 4.69) is 18.7 Å². The summed E-state index contributed by atoms with van der Waals surface area (Å²) in [7, 11) is 1.83. The number of likely N-dealkylation sites (N-methyl/N-ethyl adjacent to an activating group) is 1. The van der Waals surface area contributed by atoms with Gasteiger partial charge in [0.05, 0.1) is 12.6 Å². The van der Waals surface area contributed by atoms with E-state index >= 15 is 0 Å². The molecule has 0 aromatic carbocycles. The third kappa shape index (κ3) is 2.19. The van der Waals surface area contributed by atoms with E-state index in [0.29, 0.717) is 19.1 Å². The molecule has 0 saturated carbocycles. The molecule has 4 nitrogen and oxygen atoms in total. The van der Waals surface area contributed by atoms with Crippen LogP contribution in [0.4, 0.5) is 0 Å². The van der Waals surface area contributed by atoms with Gasteiger partial charge in [-0.3, -0.25) is 9.69 Å². The molecule has 1 aliphatic heterocycles. The van der Waals surface area contributed by atoms with Crippen molar-refractivity contribution in [2.45, 2.75) is 25.9 Å². The smallest absolute Gasteiger partial charge is 0.236 e. The zero-order valence-corrected chi connectivity index (χ0v) is 8.66. The molecule has 1 aliphatic rings. The maximum atomic E-state index is 11.5. The number of rotatable bonds is 2. The van der Waals surface area contributed by atoms with E-state index < -0.39 is 0 Å². The van der Waals surface area contributed by atoms with Crippen LogP contribution in [-0.4, -0.2) is 54.5 Å². The summed E-state index contributed by atoms with van der Waals surface area (Å²) in [5, 5.41) is 0. The van der Waals surface area contributed by atoms with Gasteiger partial charge >= 0.3 is 0 Å². The molecule has 0 aliphatic carbocycles. The first-order valence-electron chi connectivity index (χ1n) is 4.76. The van der Waals surface area contributed by atoms with Crippen LogP contribution in [0.5, 0.6) is 0 Å². The number of carbonyl (C=O) groups excluding carboxylic acids is 1. The van der Waals surface area contributed by atoms with E-state index in [-0.39, 0.29) is 11.9 Å². The van der Waals surface area contributed by atoms with Gasteiger partial charge in [-0.2, -0.15) is 0 Å². The number of nitrogens with zero attached hydrogens (tertiary/aromatic N) is 2. The Morgan fingerprint density at radius 1 is 1.62 bits per heavy atom. The maximum absolute atomic E-state index is 11.5. The van der Waals surface area contributed by atoms with Gasteiger partial charge in [-0.05, 0) is 13.8 Å². The van der Waals surface area contributed by atoms with E-state index in [9.17, 15) is 4.79 Å². The van der Waals surface area contributed by atoms with Gasteiger partial charge in [-0.1, -0.05) is 0 Å². The molecule has 13 heavy (non-hydrogen) atoms. The van der Waals surface area contributed by atoms with Gasteiger partial charge in [0.2, 0.25) is 5.91 Å². The summed E-state index contributed by atoms with van der Waals surface area (Å²) in [6.45, 7) is 6.19. The molecule has 0 aromatic heterocycles. The van der Waals surface area contributed by atoms with Crippen LogP contribution in [0.1, 0.15) is 13.8 Å². The van der Waals surface area contributed by atoms with Gasteiger partial charge in [-0.15, -0.1) is 0 Å². The highest BCUT2D eigenvalue weighted by atomic mass is 16.2. The van der Waals surface area contributed by atoms with Crippen molar-refractivity contribution in [1.82, 2.24) is 9.80 Å². The van der Waals surface area contributed by atoms with Gasteiger partial charge in [0.15, 0.2) is 0 Å². The topological polar surface area (TPSA) is 49.6 Å².